The van der Waals surface area contributed by atoms with Crippen LogP contribution in [-0.2, 0) is 9.59 Å². The molecular formula is C26H24N4O3. The molecule has 7 nitrogen and oxygen atoms in total. The average molecular weight is 441 g/mol. The number of hydrogen-bond acceptors (Lipinski definition) is 4. The molecule has 0 spiro atoms. The van der Waals surface area contributed by atoms with Crippen LogP contribution >= 0.6 is 0 Å². The number of benzene rings is 3. The summed E-state index contributed by atoms with van der Waals surface area (Å²) < 4.78 is 0. The molecule has 3 aromatic rings. The van der Waals surface area contributed by atoms with E-state index in [2.05, 4.69) is 21.2 Å². The van der Waals surface area contributed by atoms with Crippen LogP contribution < -0.4 is 16.1 Å². The Kier molecular flexibility index (Phi) is 7.86. The van der Waals surface area contributed by atoms with E-state index in [0.717, 1.165) is 11.1 Å². The normalized spacial score (nSPS) is 11.2. The summed E-state index contributed by atoms with van der Waals surface area (Å²) in [5.41, 5.74) is 5.79. The van der Waals surface area contributed by atoms with Crippen LogP contribution in [0, 0.1) is 6.92 Å². The molecule has 0 aliphatic carbocycles. The van der Waals surface area contributed by atoms with Gasteiger partial charge in [-0.05, 0) is 55.3 Å². The summed E-state index contributed by atoms with van der Waals surface area (Å²) in [6.45, 7) is 3.62. The number of hydrazone groups is 1. The molecule has 0 fully saturated rings. The highest BCUT2D eigenvalue weighted by Crippen LogP contribution is 2.18. The van der Waals surface area contributed by atoms with Gasteiger partial charge in [0.2, 0.25) is 0 Å². The Hall–Kier alpha value is -4.52. The second-order valence-corrected chi connectivity index (χ2v) is 7.26. The molecule has 0 saturated carbocycles. The third-order valence-corrected chi connectivity index (χ3v) is 4.55. The molecule has 3 rings (SSSR count). The number of rotatable bonds is 6. The lowest BCUT2D eigenvalue weighted by Gasteiger charge is -2.11. The molecule has 0 aliphatic heterocycles. The lowest BCUT2D eigenvalue weighted by Crippen LogP contribution is -2.33. The van der Waals surface area contributed by atoms with Gasteiger partial charge in [-0.15, -0.1) is 0 Å². The van der Waals surface area contributed by atoms with E-state index >= 15 is 0 Å². The van der Waals surface area contributed by atoms with Crippen molar-refractivity contribution in [2.45, 2.75) is 13.8 Å². The lowest BCUT2D eigenvalue weighted by atomic mass is 10.1. The number of aryl methyl sites for hydroxylation is 1. The van der Waals surface area contributed by atoms with Crippen molar-refractivity contribution in [3.05, 3.63) is 102 Å². The van der Waals surface area contributed by atoms with Gasteiger partial charge in [0.1, 0.15) is 0 Å². The summed E-state index contributed by atoms with van der Waals surface area (Å²) in [7, 11) is 0. The minimum Gasteiger partial charge on any atom is -0.322 e. The van der Waals surface area contributed by atoms with Crippen molar-refractivity contribution in [1.29, 1.82) is 0 Å². The Labute approximate surface area is 192 Å². The zero-order valence-corrected chi connectivity index (χ0v) is 18.3. The Morgan fingerprint density at radius 2 is 1.55 bits per heavy atom. The predicted octanol–water partition coefficient (Wildman–Crippen LogP) is 4.39. The minimum atomic E-state index is -0.948. The molecule has 166 valence electrons. The second kappa shape index (κ2) is 11.2. The SMILES string of the molecule is CC(/C=C/c1ccccc1)=N/NC(=O)C(=O)Nc1ccccc1C(=O)Nc1cccc(C)c1. The summed E-state index contributed by atoms with van der Waals surface area (Å²) in [5.74, 6) is -2.29. The van der Waals surface area contributed by atoms with Crippen molar-refractivity contribution in [2.24, 2.45) is 5.10 Å². The lowest BCUT2D eigenvalue weighted by molar-refractivity contribution is -0.136. The van der Waals surface area contributed by atoms with E-state index in [1.54, 1.807) is 43.3 Å². The first-order chi connectivity index (χ1) is 15.9. The third kappa shape index (κ3) is 7.00. The van der Waals surface area contributed by atoms with E-state index in [4.69, 9.17) is 0 Å². The largest absolute Gasteiger partial charge is 0.329 e. The topological polar surface area (TPSA) is 99.7 Å². The Balaban J connectivity index is 1.62. The Bertz CT molecular complexity index is 1220. The maximum Gasteiger partial charge on any atom is 0.329 e. The molecule has 0 atom stereocenters. The number of amides is 3. The van der Waals surface area contributed by atoms with Crippen molar-refractivity contribution in [1.82, 2.24) is 5.43 Å². The molecule has 3 N–H and O–H groups in total. The molecule has 0 saturated heterocycles. The van der Waals surface area contributed by atoms with Crippen molar-refractivity contribution in [2.75, 3.05) is 10.6 Å². The van der Waals surface area contributed by atoms with Crippen LogP contribution in [0.5, 0.6) is 0 Å². The number of carbonyl (C=O) groups is 3. The molecule has 3 amide bonds. The number of carbonyl (C=O) groups excluding carboxylic acids is 3. The number of nitrogens with one attached hydrogen (secondary N) is 3. The zero-order chi connectivity index (χ0) is 23.6. The van der Waals surface area contributed by atoms with Gasteiger partial charge < -0.3 is 10.6 Å². The van der Waals surface area contributed by atoms with Gasteiger partial charge in [0.05, 0.1) is 17.0 Å². The molecule has 0 radical (unpaired) electrons. The number of hydrogen-bond donors (Lipinski definition) is 3. The number of nitrogens with zero attached hydrogens (tertiary/aromatic N) is 1. The molecular weight excluding hydrogens is 416 g/mol. The fraction of sp³-hybridized carbons (Fsp3) is 0.0769. The molecule has 3 aromatic carbocycles. The first-order valence-electron chi connectivity index (χ1n) is 10.3. The molecule has 33 heavy (non-hydrogen) atoms. The quantitative estimate of drug-likeness (QED) is 0.301. The van der Waals surface area contributed by atoms with Crippen molar-refractivity contribution in [3.8, 4) is 0 Å². The average Bonchev–Trinajstić information content (AvgIpc) is 2.82. The molecule has 7 heteroatoms. The predicted molar refractivity (Wildman–Crippen MR) is 131 cm³/mol. The summed E-state index contributed by atoms with van der Waals surface area (Å²) in [5, 5.41) is 9.17. The van der Waals surface area contributed by atoms with Gasteiger partial charge in [0.15, 0.2) is 0 Å². The van der Waals surface area contributed by atoms with Crippen molar-refractivity contribution < 1.29 is 14.4 Å². The van der Waals surface area contributed by atoms with Crippen LogP contribution in [-0.4, -0.2) is 23.4 Å². The fourth-order valence-corrected chi connectivity index (χ4v) is 2.90. The van der Waals surface area contributed by atoms with E-state index < -0.39 is 17.7 Å². The molecule has 0 bridgehead atoms. The summed E-state index contributed by atoms with van der Waals surface area (Å²) in [6, 6.07) is 23.4. The van der Waals surface area contributed by atoms with Crippen LogP contribution in [0.4, 0.5) is 11.4 Å². The van der Waals surface area contributed by atoms with Gasteiger partial charge in [0.25, 0.3) is 5.91 Å². The van der Waals surface area contributed by atoms with Gasteiger partial charge in [-0.25, -0.2) is 5.43 Å². The number of para-hydroxylation sites is 1. The van der Waals surface area contributed by atoms with E-state index in [1.807, 2.05) is 61.5 Å². The van der Waals surface area contributed by atoms with Gasteiger partial charge in [-0.3, -0.25) is 14.4 Å². The number of anilines is 2. The van der Waals surface area contributed by atoms with E-state index in [9.17, 15) is 14.4 Å². The van der Waals surface area contributed by atoms with Gasteiger partial charge >= 0.3 is 11.8 Å². The highest BCUT2D eigenvalue weighted by Gasteiger charge is 2.18. The Morgan fingerprint density at radius 1 is 0.818 bits per heavy atom. The Morgan fingerprint density at radius 3 is 2.30 bits per heavy atom. The summed E-state index contributed by atoms with van der Waals surface area (Å²) in [4.78, 5) is 37.2. The maximum atomic E-state index is 12.7. The second-order valence-electron chi connectivity index (χ2n) is 7.26. The standard InChI is InChI=1S/C26H24N4O3/c1-18-9-8-12-21(17-18)27-24(31)22-13-6-7-14-23(22)28-25(32)26(33)30-29-19(2)15-16-20-10-4-3-5-11-20/h3-17H,1-2H3,(H,27,31)(H,28,32)(H,30,33)/b16-15+,29-19-. The van der Waals surface area contributed by atoms with Crippen LogP contribution in [0.2, 0.25) is 0 Å². The van der Waals surface area contributed by atoms with E-state index in [-0.39, 0.29) is 11.3 Å². The van der Waals surface area contributed by atoms with Crippen LogP contribution in [0.25, 0.3) is 6.08 Å². The van der Waals surface area contributed by atoms with Crippen molar-refractivity contribution >= 4 is 40.9 Å². The third-order valence-electron chi connectivity index (χ3n) is 4.55. The van der Waals surface area contributed by atoms with Gasteiger partial charge in [-0.1, -0.05) is 60.7 Å². The molecule has 0 aromatic heterocycles. The molecule has 0 heterocycles. The first-order valence-corrected chi connectivity index (χ1v) is 10.3. The fourth-order valence-electron chi connectivity index (χ4n) is 2.90. The minimum absolute atomic E-state index is 0.215. The summed E-state index contributed by atoms with van der Waals surface area (Å²) >= 11 is 0. The number of allylic oxidation sites excluding steroid dienone is 1. The zero-order valence-electron chi connectivity index (χ0n) is 18.3. The van der Waals surface area contributed by atoms with Gasteiger partial charge in [0, 0.05) is 5.69 Å². The van der Waals surface area contributed by atoms with Gasteiger partial charge in [-0.2, -0.15) is 5.10 Å². The highest BCUT2D eigenvalue weighted by atomic mass is 16.2. The first kappa shape index (κ1) is 23.1. The van der Waals surface area contributed by atoms with Crippen LogP contribution in [0.3, 0.4) is 0 Å². The van der Waals surface area contributed by atoms with E-state index in [0.29, 0.717) is 11.4 Å². The van der Waals surface area contributed by atoms with E-state index in [1.165, 1.54) is 0 Å². The molecule has 0 unspecified atom stereocenters. The summed E-state index contributed by atoms with van der Waals surface area (Å²) in [6.07, 6.45) is 3.56. The van der Waals surface area contributed by atoms with Crippen LogP contribution in [0.1, 0.15) is 28.4 Å². The maximum absolute atomic E-state index is 12.7. The van der Waals surface area contributed by atoms with Crippen LogP contribution in [0.15, 0.2) is 90.0 Å². The monoisotopic (exact) mass is 440 g/mol. The molecule has 0 aliphatic rings. The highest BCUT2D eigenvalue weighted by molar-refractivity contribution is 6.40. The smallest absolute Gasteiger partial charge is 0.322 e. The van der Waals surface area contributed by atoms with Crippen molar-refractivity contribution in [3.63, 3.8) is 0 Å².